The third kappa shape index (κ3) is 7.34. The summed E-state index contributed by atoms with van der Waals surface area (Å²) in [6.07, 6.45) is 1.77. The zero-order valence-corrected chi connectivity index (χ0v) is 32.1. The minimum absolute atomic E-state index is 0.0667. The largest absolute Gasteiger partial charge is 0.493 e. The van der Waals surface area contributed by atoms with Gasteiger partial charge < -0.3 is 18.9 Å². The van der Waals surface area contributed by atoms with E-state index in [1.165, 1.54) is 16.7 Å². The van der Waals surface area contributed by atoms with E-state index in [0.29, 0.717) is 44.3 Å². The molecule has 5 aromatic rings. The quantitative estimate of drug-likeness (QED) is 0.106. The van der Waals surface area contributed by atoms with Crippen LogP contribution in [0.2, 0.25) is 0 Å². The predicted molar refractivity (Wildman–Crippen MR) is 204 cm³/mol. The zero-order valence-electron chi connectivity index (χ0n) is 27.6. The molecule has 2 heterocycles. The van der Waals surface area contributed by atoms with E-state index in [1.54, 1.807) is 37.7 Å². The van der Waals surface area contributed by atoms with Gasteiger partial charge in [-0.1, -0.05) is 53.8 Å². The maximum Gasteiger partial charge on any atom is 0.338 e. The number of ether oxygens (including phenoxy) is 4. The maximum atomic E-state index is 14.2. The second-order valence-electron chi connectivity index (χ2n) is 11.7. The Bertz CT molecular complexity index is 2270. The van der Waals surface area contributed by atoms with Crippen LogP contribution in [-0.4, -0.2) is 30.4 Å². The lowest BCUT2D eigenvalue weighted by Crippen LogP contribution is -2.40. The van der Waals surface area contributed by atoms with Crippen LogP contribution < -0.4 is 29.1 Å². The van der Waals surface area contributed by atoms with Crippen molar-refractivity contribution in [3.05, 3.63) is 128 Å². The summed E-state index contributed by atoms with van der Waals surface area (Å²) in [6, 6.07) is 23.1. The minimum atomic E-state index is -0.780. The van der Waals surface area contributed by atoms with Crippen molar-refractivity contribution >= 4 is 72.7 Å². The van der Waals surface area contributed by atoms with E-state index in [1.807, 2.05) is 50.3 Å². The van der Waals surface area contributed by atoms with Crippen molar-refractivity contribution in [3.63, 3.8) is 0 Å². The third-order valence-electron chi connectivity index (χ3n) is 7.90. The van der Waals surface area contributed by atoms with Gasteiger partial charge in [-0.2, -0.15) is 0 Å². The van der Waals surface area contributed by atoms with E-state index >= 15 is 0 Å². The molecule has 11 heteroatoms. The summed E-state index contributed by atoms with van der Waals surface area (Å²) < 4.78 is 27.0. The predicted octanol–water partition coefficient (Wildman–Crippen LogP) is 7.69. The molecule has 0 N–H and O–H groups in total. The van der Waals surface area contributed by atoms with E-state index < -0.39 is 12.0 Å². The van der Waals surface area contributed by atoms with Crippen LogP contribution in [0.25, 0.3) is 16.8 Å². The first-order valence-electron chi connectivity index (χ1n) is 15.7. The van der Waals surface area contributed by atoms with E-state index in [2.05, 4.69) is 68.9 Å². The van der Waals surface area contributed by atoms with Crippen LogP contribution in [0.1, 0.15) is 50.4 Å². The molecule has 1 atom stereocenters. The molecule has 0 fully saturated rings. The lowest BCUT2D eigenvalue weighted by Gasteiger charge is -2.25. The lowest BCUT2D eigenvalue weighted by molar-refractivity contribution is -0.139. The molecule has 8 nitrogen and oxygen atoms in total. The molecule has 0 spiro atoms. The van der Waals surface area contributed by atoms with E-state index in [-0.39, 0.29) is 18.3 Å². The Labute approximate surface area is 310 Å². The number of halogens is 2. The number of carbonyl (C=O) groups is 1. The van der Waals surface area contributed by atoms with Crippen molar-refractivity contribution in [1.29, 1.82) is 0 Å². The van der Waals surface area contributed by atoms with Gasteiger partial charge in [-0.25, -0.2) is 9.79 Å². The number of fused-ring (bicyclic) bond motifs is 2. The van der Waals surface area contributed by atoms with Crippen LogP contribution in [0.3, 0.4) is 0 Å². The summed E-state index contributed by atoms with van der Waals surface area (Å²) in [5.41, 5.74) is 3.07. The molecule has 0 aliphatic carbocycles. The Morgan fingerprint density at radius 3 is 2.55 bits per heavy atom. The molecule has 0 saturated carbocycles. The van der Waals surface area contributed by atoms with Gasteiger partial charge in [-0.3, -0.25) is 9.36 Å². The average Bonchev–Trinajstić information content (AvgIpc) is 3.37. The zero-order chi connectivity index (χ0) is 34.8. The number of benzene rings is 4. The van der Waals surface area contributed by atoms with Crippen molar-refractivity contribution in [2.75, 3.05) is 13.7 Å². The second-order valence-corrected chi connectivity index (χ2v) is 14.7. The SMILES string of the molecule is CCOC(=O)C1=C(C)N=c2s/c(=C\c3cc(Br)c(OCc4ccc5ccccc5c4)c(I)c3)c(=O)n2[C@H]1c1ccc(OC(C)C)c(OC)c1. The van der Waals surface area contributed by atoms with Crippen LogP contribution in [0.5, 0.6) is 17.2 Å². The van der Waals surface area contributed by atoms with Crippen molar-refractivity contribution in [2.24, 2.45) is 4.99 Å². The van der Waals surface area contributed by atoms with Gasteiger partial charge in [0.1, 0.15) is 12.4 Å². The van der Waals surface area contributed by atoms with E-state index in [9.17, 15) is 9.59 Å². The smallest absolute Gasteiger partial charge is 0.338 e. The number of hydrogen-bond acceptors (Lipinski definition) is 8. The van der Waals surface area contributed by atoms with Gasteiger partial charge in [-0.15, -0.1) is 0 Å². The first-order chi connectivity index (χ1) is 23.6. The Balaban J connectivity index is 1.37. The molecule has 1 aliphatic heterocycles. The number of thiazole rings is 1. The molecule has 6 rings (SSSR count). The first kappa shape index (κ1) is 34.9. The van der Waals surface area contributed by atoms with Crippen molar-refractivity contribution in [3.8, 4) is 17.2 Å². The highest BCUT2D eigenvalue weighted by Gasteiger charge is 2.34. The fourth-order valence-corrected chi connectivity index (χ4v) is 8.56. The first-order valence-corrected chi connectivity index (χ1v) is 18.4. The van der Waals surface area contributed by atoms with Crippen molar-refractivity contribution in [1.82, 2.24) is 4.57 Å². The van der Waals surface area contributed by atoms with Gasteiger partial charge in [0.15, 0.2) is 16.3 Å². The molecule has 0 bridgehead atoms. The number of carbonyl (C=O) groups excluding carboxylic acids is 1. The van der Waals surface area contributed by atoms with Crippen LogP contribution in [0.15, 0.2) is 98.3 Å². The number of allylic oxidation sites excluding steroid dienone is 1. The van der Waals surface area contributed by atoms with Crippen LogP contribution in [0.4, 0.5) is 0 Å². The van der Waals surface area contributed by atoms with Crippen LogP contribution >= 0.6 is 49.9 Å². The fraction of sp³-hybridized carbons (Fsp3) is 0.237. The Morgan fingerprint density at radius 2 is 1.84 bits per heavy atom. The molecule has 0 unspecified atom stereocenters. The molecule has 252 valence electrons. The van der Waals surface area contributed by atoms with E-state index in [0.717, 1.165) is 30.3 Å². The summed E-state index contributed by atoms with van der Waals surface area (Å²) in [7, 11) is 1.56. The summed E-state index contributed by atoms with van der Waals surface area (Å²) in [5.74, 6) is 1.26. The average molecular weight is 854 g/mol. The molecule has 1 aromatic heterocycles. The topological polar surface area (TPSA) is 88.4 Å². The fourth-order valence-electron chi connectivity index (χ4n) is 5.75. The number of esters is 1. The van der Waals surface area contributed by atoms with Crippen molar-refractivity contribution < 1.29 is 23.7 Å². The molecular formula is C38H34BrIN2O6S. The highest BCUT2D eigenvalue weighted by Crippen LogP contribution is 2.37. The highest BCUT2D eigenvalue weighted by molar-refractivity contribution is 14.1. The summed E-state index contributed by atoms with van der Waals surface area (Å²) in [4.78, 5) is 32.7. The van der Waals surface area contributed by atoms with Gasteiger partial charge in [-0.05, 0) is 130 Å². The Kier molecular flexibility index (Phi) is 10.6. The second kappa shape index (κ2) is 14.9. The van der Waals surface area contributed by atoms with Crippen molar-refractivity contribution in [2.45, 2.75) is 46.4 Å². The minimum Gasteiger partial charge on any atom is -0.493 e. The van der Waals surface area contributed by atoms with Crippen LogP contribution in [-0.2, 0) is 16.1 Å². The molecule has 4 aromatic carbocycles. The molecule has 0 saturated heterocycles. The monoisotopic (exact) mass is 852 g/mol. The summed E-state index contributed by atoms with van der Waals surface area (Å²) >= 11 is 7.21. The normalized spacial score (nSPS) is 14.5. The highest BCUT2D eigenvalue weighted by atomic mass is 127. The Hall–Kier alpha value is -3.94. The Morgan fingerprint density at radius 1 is 1.06 bits per heavy atom. The number of nitrogens with zero attached hydrogens (tertiary/aromatic N) is 2. The molecule has 49 heavy (non-hydrogen) atoms. The standard InChI is InChI=1S/C38H34BrIN2O6S/c1-6-46-37(44)33-22(4)41-38-42(34(33)27-13-14-30(48-21(2)3)31(19-27)45-5)36(43)32(49-38)18-24-16-28(39)35(29(40)17-24)47-20-23-11-12-25-9-7-8-10-26(25)15-23/h7-19,21,34H,6,20H2,1-5H3/b32-18-/t34-/m0/s1. The van der Waals surface area contributed by atoms with Gasteiger partial charge in [0, 0.05) is 0 Å². The van der Waals surface area contributed by atoms with E-state index in [4.69, 9.17) is 23.9 Å². The summed E-state index contributed by atoms with van der Waals surface area (Å²) in [6.45, 7) is 7.98. The number of rotatable bonds is 10. The lowest BCUT2D eigenvalue weighted by atomic mass is 9.95. The molecule has 1 aliphatic rings. The third-order valence-corrected chi connectivity index (χ3v) is 10.3. The van der Waals surface area contributed by atoms with Gasteiger partial charge in [0.2, 0.25) is 0 Å². The molecular weight excluding hydrogens is 819 g/mol. The molecule has 0 amide bonds. The summed E-state index contributed by atoms with van der Waals surface area (Å²) in [5, 5.41) is 2.35. The van der Waals surface area contributed by atoms with Gasteiger partial charge in [0.25, 0.3) is 5.56 Å². The van der Waals surface area contributed by atoms with Gasteiger partial charge in [0.05, 0.1) is 49.7 Å². The number of hydrogen-bond donors (Lipinski definition) is 0. The maximum absolute atomic E-state index is 14.2. The molecule has 0 radical (unpaired) electrons. The number of methoxy groups -OCH3 is 1. The number of aromatic nitrogens is 1. The van der Waals surface area contributed by atoms with Crippen LogP contribution in [0, 0.1) is 3.57 Å². The van der Waals surface area contributed by atoms with Gasteiger partial charge >= 0.3 is 5.97 Å².